The maximum Gasteiger partial charge on any atom is 0.311 e. The summed E-state index contributed by atoms with van der Waals surface area (Å²) in [6.45, 7) is 12.1. The Morgan fingerprint density at radius 1 is 1.29 bits per heavy atom. The summed E-state index contributed by atoms with van der Waals surface area (Å²) >= 11 is 8.19. The van der Waals surface area contributed by atoms with Crippen molar-refractivity contribution in [3.8, 4) is 0 Å². The van der Waals surface area contributed by atoms with Gasteiger partial charge in [0, 0.05) is 24.4 Å². The van der Waals surface area contributed by atoms with Gasteiger partial charge in [0.1, 0.15) is 6.04 Å². The van der Waals surface area contributed by atoms with Crippen LogP contribution in [0.2, 0.25) is 5.02 Å². The minimum atomic E-state index is -0.799. The van der Waals surface area contributed by atoms with E-state index < -0.39 is 27.4 Å². The zero-order valence-corrected chi connectivity index (χ0v) is 23.7. The van der Waals surface area contributed by atoms with Gasteiger partial charge >= 0.3 is 5.97 Å². The Bertz CT molecular complexity index is 1110. The molecule has 1 N–H and O–H groups in total. The minimum absolute atomic E-state index is 0.109. The van der Waals surface area contributed by atoms with Crippen LogP contribution in [-0.2, 0) is 19.1 Å². The Morgan fingerprint density at radius 2 is 2.05 bits per heavy atom. The first kappa shape index (κ1) is 28.7. The lowest BCUT2D eigenvalue weighted by molar-refractivity contribution is -0.155. The zero-order chi connectivity index (χ0) is 27.7. The fourth-order valence-corrected chi connectivity index (χ4v) is 9.23. The number of aryl methyl sites for hydroxylation is 1. The van der Waals surface area contributed by atoms with Crippen LogP contribution in [0.25, 0.3) is 0 Å². The van der Waals surface area contributed by atoms with E-state index in [1.807, 2.05) is 26.0 Å². The molecule has 2 bridgehead atoms. The number of ether oxygens (including phenoxy) is 1. The Morgan fingerprint density at radius 3 is 2.71 bits per heavy atom. The van der Waals surface area contributed by atoms with Crippen molar-refractivity contribution in [3.05, 3.63) is 54.1 Å². The number of benzene rings is 1. The van der Waals surface area contributed by atoms with Crippen LogP contribution in [0.3, 0.4) is 0 Å². The van der Waals surface area contributed by atoms with E-state index in [1.165, 1.54) is 0 Å². The Hall–Kier alpha value is -2.29. The molecular formula is C29H37ClN2O5S. The Balaban J connectivity index is 1.75. The third kappa shape index (κ3) is 4.69. The van der Waals surface area contributed by atoms with E-state index in [-0.39, 0.29) is 44.1 Å². The number of esters is 1. The molecule has 4 rings (SSSR count). The van der Waals surface area contributed by atoms with Gasteiger partial charge in [0.25, 0.3) is 5.91 Å². The number of allylic oxidation sites excluding steroid dienone is 1. The van der Waals surface area contributed by atoms with Gasteiger partial charge in [0.05, 0.1) is 33.9 Å². The molecule has 5 atom stereocenters. The lowest BCUT2D eigenvalue weighted by Crippen LogP contribution is -2.55. The van der Waals surface area contributed by atoms with Crippen molar-refractivity contribution in [2.45, 2.75) is 61.5 Å². The number of carbonyl (C=O) groups is 3. The number of nitrogens with zero attached hydrogens (tertiary/aromatic N) is 2. The molecular weight excluding hydrogens is 524 g/mol. The number of para-hydroxylation sites is 1. The molecule has 2 amide bonds. The first-order chi connectivity index (χ1) is 18.2. The molecule has 2 unspecified atom stereocenters. The summed E-state index contributed by atoms with van der Waals surface area (Å²) in [5.41, 5.74) is 1.43. The van der Waals surface area contributed by atoms with E-state index in [2.05, 4.69) is 13.2 Å². The molecule has 0 radical (unpaired) electrons. The summed E-state index contributed by atoms with van der Waals surface area (Å²) in [5.74, 6) is -2.13. The van der Waals surface area contributed by atoms with Crippen molar-refractivity contribution in [1.82, 2.24) is 4.90 Å². The first-order valence-electron chi connectivity index (χ1n) is 13.2. The fourth-order valence-electron chi connectivity index (χ4n) is 6.57. The summed E-state index contributed by atoms with van der Waals surface area (Å²) in [6.07, 6.45) is 6.52. The van der Waals surface area contributed by atoms with E-state index in [0.717, 1.165) is 12.0 Å². The summed E-state index contributed by atoms with van der Waals surface area (Å²) in [4.78, 5) is 45.3. The number of anilines is 1. The number of aliphatic hydroxyl groups excluding tert-OH is 1. The second-order valence-electron chi connectivity index (χ2n) is 10.6. The third-order valence-corrected chi connectivity index (χ3v) is 10.4. The van der Waals surface area contributed by atoms with Crippen molar-refractivity contribution in [3.63, 3.8) is 0 Å². The molecule has 0 saturated carbocycles. The molecule has 0 aliphatic carbocycles. The molecule has 1 aromatic rings. The van der Waals surface area contributed by atoms with Gasteiger partial charge in [-0.3, -0.25) is 14.4 Å². The van der Waals surface area contributed by atoms with Gasteiger partial charge in [-0.2, -0.15) is 0 Å². The van der Waals surface area contributed by atoms with Crippen molar-refractivity contribution in [1.29, 1.82) is 0 Å². The highest BCUT2D eigenvalue weighted by Crippen LogP contribution is 2.71. The van der Waals surface area contributed by atoms with Crippen LogP contribution >= 0.6 is 23.4 Å². The molecule has 3 aliphatic heterocycles. The lowest BCUT2D eigenvalue weighted by atomic mass is 9.66. The Kier molecular flexibility index (Phi) is 8.65. The normalized spacial score (nSPS) is 29.3. The maximum atomic E-state index is 14.5. The lowest BCUT2D eigenvalue weighted by Gasteiger charge is -2.37. The predicted octanol–water partition coefficient (Wildman–Crippen LogP) is 4.54. The van der Waals surface area contributed by atoms with Crippen molar-refractivity contribution in [2.24, 2.45) is 11.8 Å². The van der Waals surface area contributed by atoms with Gasteiger partial charge in [-0.1, -0.05) is 35.9 Å². The van der Waals surface area contributed by atoms with Gasteiger partial charge in [0.2, 0.25) is 5.91 Å². The number of hydrogen-bond donors (Lipinski definition) is 1. The third-order valence-electron chi connectivity index (χ3n) is 8.15. The molecule has 3 heterocycles. The number of fused-ring (bicyclic) bond motifs is 1. The van der Waals surface area contributed by atoms with E-state index >= 15 is 0 Å². The van der Waals surface area contributed by atoms with Gasteiger partial charge in [-0.05, 0) is 57.6 Å². The minimum Gasteiger partial charge on any atom is -0.465 e. The molecule has 7 nitrogen and oxygen atoms in total. The van der Waals surface area contributed by atoms with Crippen molar-refractivity contribution in [2.75, 3.05) is 31.2 Å². The largest absolute Gasteiger partial charge is 0.465 e. The molecule has 206 valence electrons. The fraction of sp³-hybridized carbons (Fsp3) is 0.552. The second kappa shape index (κ2) is 11.4. The van der Waals surface area contributed by atoms with Crippen molar-refractivity contribution < 1.29 is 24.2 Å². The highest BCUT2D eigenvalue weighted by atomic mass is 35.5. The molecule has 38 heavy (non-hydrogen) atoms. The van der Waals surface area contributed by atoms with Gasteiger partial charge < -0.3 is 19.6 Å². The standard InChI is InChI=1S/C29H37ClN2O5S/c1-5-7-8-18-37-27(36)22-21-25(34)32(16-10-17-33)24(29(21)14-13-28(22,4)38-29)26(35)31(15-6-2)23-19(3)11-9-12-20(23)30/h5-6,9,11-12,21-22,24,33H,1-2,7-8,10,13-18H2,3-4H3/t21-,22-,24?,28+,29?/m0/s1. The smallest absolute Gasteiger partial charge is 0.311 e. The van der Waals surface area contributed by atoms with Crippen LogP contribution in [0, 0.1) is 18.8 Å². The van der Waals surface area contributed by atoms with E-state index in [4.69, 9.17) is 16.3 Å². The number of likely N-dealkylation sites (tertiary alicyclic amines) is 1. The highest BCUT2D eigenvalue weighted by Gasteiger charge is 2.77. The maximum absolute atomic E-state index is 14.5. The SMILES string of the molecule is C=CCCCOC(=O)[C@@H]1[C@H]2C(=O)N(CCCO)C(C(=O)N(CC=C)c3c(C)cccc3Cl)C23CC[C@@]1(C)S3. The van der Waals surface area contributed by atoms with Gasteiger partial charge in [-0.15, -0.1) is 24.9 Å². The van der Waals surface area contributed by atoms with Crippen LogP contribution in [0.15, 0.2) is 43.5 Å². The summed E-state index contributed by atoms with van der Waals surface area (Å²) in [6, 6.07) is 4.67. The summed E-state index contributed by atoms with van der Waals surface area (Å²) in [5, 5.41) is 10.0. The monoisotopic (exact) mass is 560 g/mol. The average molecular weight is 561 g/mol. The van der Waals surface area contributed by atoms with E-state index in [1.54, 1.807) is 39.8 Å². The quantitative estimate of drug-likeness (QED) is 0.229. The molecule has 1 spiro atoms. The van der Waals surface area contributed by atoms with Crippen LogP contribution in [0.4, 0.5) is 5.69 Å². The number of rotatable bonds is 12. The molecule has 9 heteroatoms. The number of aliphatic hydroxyl groups is 1. The number of carbonyl (C=O) groups excluding carboxylic acids is 3. The van der Waals surface area contributed by atoms with Crippen molar-refractivity contribution >= 4 is 46.8 Å². The zero-order valence-electron chi connectivity index (χ0n) is 22.2. The number of thioether (sulfide) groups is 1. The topological polar surface area (TPSA) is 87.1 Å². The average Bonchev–Trinajstić information content (AvgIpc) is 3.44. The highest BCUT2D eigenvalue weighted by molar-refractivity contribution is 8.02. The number of unbranched alkanes of at least 4 members (excludes halogenated alkanes) is 1. The van der Waals surface area contributed by atoms with Crippen LogP contribution in [-0.4, -0.2) is 69.6 Å². The van der Waals surface area contributed by atoms with E-state index in [0.29, 0.717) is 36.4 Å². The summed E-state index contributed by atoms with van der Waals surface area (Å²) in [7, 11) is 0. The van der Waals surface area contributed by atoms with E-state index in [9.17, 15) is 19.5 Å². The number of hydrogen-bond acceptors (Lipinski definition) is 6. The first-order valence-corrected chi connectivity index (χ1v) is 14.4. The Labute approximate surface area is 234 Å². The predicted molar refractivity (Wildman–Crippen MR) is 151 cm³/mol. The molecule has 3 saturated heterocycles. The molecule has 0 aromatic heterocycles. The van der Waals surface area contributed by atoms with Gasteiger partial charge in [-0.25, -0.2) is 0 Å². The molecule has 3 fully saturated rings. The molecule has 3 aliphatic rings. The summed E-state index contributed by atoms with van der Waals surface area (Å²) < 4.78 is 4.40. The molecule has 1 aromatic carbocycles. The second-order valence-corrected chi connectivity index (χ2v) is 12.9. The van der Waals surface area contributed by atoms with Crippen LogP contribution in [0.5, 0.6) is 0 Å². The van der Waals surface area contributed by atoms with Crippen LogP contribution in [0.1, 0.15) is 44.6 Å². The number of amides is 2. The van der Waals surface area contributed by atoms with Crippen LogP contribution < -0.4 is 4.90 Å². The number of halogens is 1. The van der Waals surface area contributed by atoms with Gasteiger partial charge in [0.15, 0.2) is 0 Å².